The van der Waals surface area contributed by atoms with Gasteiger partial charge in [0.1, 0.15) is 0 Å². The highest BCUT2D eigenvalue weighted by molar-refractivity contribution is 4.87. The summed E-state index contributed by atoms with van der Waals surface area (Å²) in [5, 5.41) is 0. The molecule has 14 heavy (non-hydrogen) atoms. The highest BCUT2D eigenvalue weighted by Gasteiger charge is 2.38. The van der Waals surface area contributed by atoms with Crippen molar-refractivity contribution in [2.45, 2.75) is 33.1 Å². The van der Waals surface area contributed by atoms with E-state index in [2.05, 4.69) is 13.8 Å². The summed E-state index contributed by atoms with van der Waals surface area (Å²) in [5.74, 6) is 1.66. The minimum Gasteiger partial charge on any atom is -0.384 e. The molecule has 0 saturated heterocycles. The second-order valence-electron chi connectivity index (χ2n) is 5.14. The molecule has 0 bridgehead atoms. The van der Waals surface area contributed by atoms with Gasteiger partial charge in [-0.15, -0.1) is 0 Å². The Bertz CT molecular complexity index is 162. The van der Waals surface area contributed by atoms with Crippen molar-refractivity contribution in [1.82, 2.24) is 0 Å². The van der Waals surface area contributed by atoms with Gasteiger partial charge in [-0.2, -0.15) is 0 Å². The minimum atomic E-state index is 0.217. The van der Waals surface area contributed by atoms with Crippen molar-refractivity contribution in [1.29, 1.82) is 0 Å². The van der Waals surface area contributed by atoms with Crippen LogP contribution in [-0.2, 0) is 9.47 Å². The van der Waals surface area contributed by atoms with Crippen LogP contribution in [0.4, 0.5) is 0 Å². The zero-order valence-corrected chi connectivity index (χ0v) is 10.0. The summed E-state index contributed by atoms with van der Waals surface area (Å²) < 4.78 is 10.7. The topological polar surface area (TPSA) is 18.5 Å². The van der Waals surface area contributed by atoms with E-state index in [-0.39, 0.29) is 5.41 Å². The van der Waals surface area contributed by atoms with Crippen molar-refractivity contribution < 1.29 is 9.47 Å². The van der Waals surface area contributed by atoms with Crippen molar-refractivity contribution in [3.8, 4) is 0 Å². The van der Waals surface area contributed by atoms with Crippen LogP contribution in [-0.4, -0.2) is 27.4 Å². The van der Waals surface area contributed by atoms with E-state index >= 15 is 0 Å². The van der Waals surface area contributed by atoms with E-state index in [1.165, 1.54) is 19.3 Å². The quantitative estimate of drug-likeness (QED) is 0.679. The summed E-state index contributed by atoms with van der Waals surface area (Å²) in [6.07, 6.45) is 4.04. The molecule has 0 heterocycles. The van der Waals surface area contributed by atoms with Crippen LogP contribution in [0.3, 0.4) is 0 Å². The fourth-order valence-corrected chi connectivity index (χ4v) is 2.78. The van der Waals surface area contributed by atoms with Gasteiger partial charge in [0.2, 0.25) is 0 Å². The van der Waals surface area contributed by atoms with E-state index in [0.29, 0.717) is 0 Å². The maximum atomic E-state index is 5.33. The number of rotatable bonds is 5. The third-order valence-corrected chi connectivity index (χ3v) is 3.63. The van der Waals surface area contributed by atoms with Crippen LogP contribution in [0.5, 0.6) is 0 Å². The Hall–Kier alpha value is -0.0800. The van der Waals surface area contributed by atoms with Gasteiger partial charge < -0.3 is 9.47 Å². The van der Waals surface area contributed by atoms with Gasteiger partial charge in [0.25, 0.3) is 0 Å². The van der Waals surface area contributed by atoms with Crippen molar-refractivity contribution in [2.24, 2.45) is 17.3 Å². The van der Waals surface area contributed by atoms with E-state index in [1.54, 1.807) is 14.2 Å². The molecule has 0 spiro atoms. The molecule has 0 radical (unpaired) electrons. The van der Waals surface area contributed by atoms with E-state index in [0.717, 1.165) is 25.0 Å². The lowest BCUT2D eigenvalue weighted by Crippen LogP contribution is -2.35. The number of ether oxygens (including phenoxy) is 2. The lowest BCUT2D eigenvalue weighted by molar-refractivity contribution is -0.0164. The normalized spacial score (nSPS) is 28.3. The zero-order valence-electron chi connectivity index (χ0n) is 10.0. The average molecular weight is 200 g/mol. The van der Waals surface area contributed by atoms with Gasteiger partial charge in [0.05, 0.1) is 13.2 Å². The van der Waals surface area contributed by atoms with Crippen molar-refractivity contribution >= 4 is 0 Å². The first-order valence-corrected chi connectivity index (χ1v) is 5.60. The second-order valence-corrected chi connectivity index (χ2v) is 5.14. The molecule has 84 valence electrons. The molecule has 0 aromatic rings. The monoisotopic (exact) mass is 200 g/mol. The van der Waals surface area contributed by atoms with Gasteiger partial charge in [-0.1, -0.05) is 20.3 Å². The first kappa shape index (κ1) is 12.0. The van der Waals surface area contributed by atoms with Crippen LogP contribution in [0, 0.1) is 17.3 Å². The Morgan fingerprint density at radius 1 is 1.14 bits per heavy atom. The number of hydrogen-bond acceptors (Lipinski definition) is 2. The van der Waals surface area contributed by atoms with Gasteiger partial charge in [-0.3, -0.25) is 0 Å². The number of methoxy groups -OCH3 is 2. The van der Waals surface area contributed by atoms with E-state index in [1.807, 2.05) is 0 Å². The minimum absolute atomic E-state index is 0.217. The molecule has 2 atom stereocenters. The van der Waals surface area contributed by atoms with Gasteiger partial charge >= 0.3 is 0 Å². The van der Waals surface area contributed by atoms with Crippen LogP contribution in [0.15, 0.2) is 0 Å². The average Bonchev–Trinajstić information content (AvgIpc) is 2.53. The summed E-state index contributed by atoms with van der Waals surface area (Å²) in [4.78, 5) is 0. The van der Waals surface area contributed by atoms with Crippen LogP contribution >= 0.6 is 0 Å². The summed E-state index contributed by atoms with van der Waals surface area (Å²) in [7, 11) is 3.57. The van der Waals surface area contributed by atoms with Gasteiger partial charge in [-0.05, 0) is 24.7 Å². The highest BCUT2D eigenvalue weighted by atomic mass is 16.5. The van der Waals surface area contributed by atoms with Gasteiger partial charge in [0.15, 0.2) is 0 Å². The van der Waals surface area contributed by atoms with Crippen LogP contribution in [0.1, 0.15) is 33.1 Å². The Balaban J connectivity index is 2.57. The lowest BCUT2D eigenvalue weighted by atomic mass is 9.77. The summed E-state index contributed by atoms with van der Waals surface area (Å²) in [5.41, 5.74) is 0.217. The van der Waals surface area contributed by atoms with E-state index in [4.69, 9.17) is 9.47 Å². The van der Waals surface area contributed by atoms with Gasteiger partial charge in [0, 0.05) is 19.6 Å². The van der Waals surface area contributed by atoms with Crippen molar-refractivity contribution in [3.05, 3.63) is 0 Å². The molecule has 0 aromatic carbocycles. The predicted octanol–water partition coefficient (Wildman–Crippen LogP) is 2.72. The molecule has 0 aromatic heterocycles. The van der Waals surface area contributed by atoms with E-state index in [9.17, 15) is 0 Å². The molecular weight excluding hydrogens is 176 g/mol. The largest absolute Gasteiger partial charge is 0.384 e. The summed E-state index contributed by atoms with van der Waals surface area (Å²) in [6, 6.07) is 0. The summed E-state index contributed by atoms with van der Waals surface area (Å²) in [6.45, 7) is 6.28. The predicted molar refractivity (Wildman–Crippen MR) is 58.4 cm³/mol. The first-order chi connectivity index (χ1) is 6.62. The van der Waals surface area contributed by atoms with Crippen molar-refractivity contribution in [3.63, 3.8) is 0 Å². The Morgan fingerprint density at radius 2 is 1.71 bits per heavy atom. The number of hydrogen-bond donors (Lipinski definition) is 0. The van der Waals surface area contributed by atoms with Crippen molar-refractivity contribution in [2.75, 3.05) is 27.4 Å². The fraction of sp³-hybridized carbons (Fsp3) is 1.00. The van der Waals surface area contributed by atoms with Crippen LogP contribution in [0.25, 0.3) is 0 Å². The van der Waals surface area contributed by atoms with Crippen LogP contribution in [0.2, 0.25) is 0 Å². The lowest BCUT2D eigenvalue weighted by Gasteiger charge is -2.34. The molecular formula is C12H24O2. The van der Waals surface area contributed by atoms with Gasteiger partial charge in [-0.25, -0.2) is 0 Å². The fourth-order valence-electron chi connectivity index (χ4n) is 2.78. The molecule has 1 aliphatic carbocycles. The molecule has 1 rings (SSSR count). The third-order valence-electron chi connectivity index (χ3n) is 3.63. The van der Waals surface area contributed by atoms with E-state index < -0.39 is 0 Å². The zero-order chi connectivity index (χ0) is 10.6. The molecule has 2 nitrogen and oxygen atoms in total. The molecule has 1 saturated carbocycles. The SMILES string of the molecule is COCC(C)(COC)C1CCC(C)C1. The summed E-state index contributed by atoms with van der Waals surface area (Å²) >= 11 is 0. The maximum absolute atomic E-state index is 5.33. The molecule has 1 fully saturated rings. The maximum Gasteiger partial charge on any atom is 0.0540 e. The molecule has 1 aliphatic rings. The smallest absolute Gasteiger partial charge is 0.0540 e. The molecule has 0 aliphatic heterocycles. The Morgan fingerprint density at radius 3 is 2.07 bits per heavy atom. The molecule has 0 N–H and O–H groups in total. The molecule has 0 amide bonds. The molecule has 2 unspecified atom stereocenters. The molecule has 2 heteroatoms. The highest BCUT2D eigenvalue weighted by Crippen LogP contribution is 2.42. The standard InChI is InChI=1S/C12H24O2/c1-10-5-6-11(7-10)12(2,8-13-3)9-14-4/h10-11H,5-9H2,1-4H3. The Labute approximate surface area is 88.0 Å². The van der Waals surface area contributed by atoms with Crippen LogP contribution < -0.4 is 0 Å². The second kappa shape index (κ2) is 5.13. The third kappa shape index (κ3) is 2.71. The Kier molecular flexibility index (Phi) is 4.39. The first-order valence-electron chi connectivity index (χ1n) is 5.60.